The van der Waals surface area contributed by atoms with Crippen LogP contribution in [0.4, 0.5) is 4.79 Å². The van der Waals surface area contributed by atoms with Gasteiger partial charge in [-0.1, -0.05) is 19.1 Å². The van der Waals surface area contributed by atoms with Crippen LogP contribution in [0.25, 0.3) is 10.9 Å². The van der Waals surface area contributed by atoms with E-state index in [1.807, 2.05) is 25.7 Å². The van der Waals surface area contributed by atoms with Crippen molar-refractivity contribution in [2.75, 3.05) is 33.4 Å². The van der Waals surface area contributed by atoms with Crippen molar-refractivity contribution in [3.05, 3.63) is 35.5 Å². The van der Waals surface area contributed by atoms with Crippen LogP contribution >= 0.6 is 0 Å². The topological polar surface area (TPSA) is 73.2 Å². The first-order valence-electron chi connectivity index (χ1n) is 13.2. The van der Waals surface area contributed by atoms with Gasteiger partial charge in [-0.3, -0.25) is 4.79 Å². The van der Waals surface area contributed by atoms with Crippen molar-refractivity contribution in [2.45, 2.75) is 84.2 Å². The smallest absolute Gasteiger partial charge is 0.410 e. The summed E-state index contributed by atoms with van der Waals surface area (Å²) in [5.74, 6) is -0.0458. The van der Waals surface area contributed by atoms with Gasteiger partial charge in [0, 0.05) is 56.5 Å². The molecule has 2 aromatic rings. The summed E-state index contributed by atoms with van der Waals surface area (Å²) in [5, 5.41) is 1.27. The van der Waals surface area contributed by atoms with Crippen LogP contribution < -0.4 is 0 Å². The van der Waals surface area contributed by atoms with Gasteiger partial charge in [0.25, 0.3) is 5.91 Å². The number of ether oxygens (including phenoxy) is 3. The van der Waals surface area contributed by atoms with Crippen molar-refractivity contribution in [3.63, 3.8) is 0 Å². The van der Waals surface area contributed by atoms with Crippen LogP contribution in [0.5, 0.6) is 0 Å². The van der Waals surface area contributed by atoms with Crippen LogP contribution in [0.15, 0.2) is 24.4 Å². The summed E-state index contributed by atoms with van der Waals surface area (Å²) in [6.45, 7) is 10.9. The maximum Gasteiger partial charge on any atom is 0.410 e. The Balaban J connectivity index is 1.49. The van der Waals surface area contributed by atoms with Crippen LogP contribution in [0.2, 0.25) is 0 Å². The van der Waals surface area contributed by atoms with E-state index in [0.29, 0.717) is 19.7 Å². The zero-order valence-electron chi connectivity index (χ0n) is 22.4. The fraction of sp³-hybridized carbons (Fsp3) is 0.643. The molecule has 2 amide bonds. The predicted molar refractivity (Wildman–Crippen MR) is 139 cm³/mol. The van der Waals surface area contributed by atoms with Crippen molar-refractivity contribution >= 4 is 22.9 Å². The molecule has 198 valence electrons. The van der Waals surface area contributed by atoms with E-state index in [2.05, 4.69) is 35.9 Å². The van der Waals surface area contributed by atoms with E-state index in [9.17, 15) is 9.59 Å². The lowest BCUT2D eigenvalue weighted by Crippen LogP contribution is -2.53. The average molecular weight is 500 g/mol. The third-order valence-corrected chi connectivity index (χ3v) is 6.77. The van der Waals surface area contributed by atoms with Crippen LogP contribution in [0.1, 0.15) is 58.1 Å². The van der Waals surface area contributed by atoms with Gasteiger partial charge in [-0.05, 0) is 63.6 Å². The van der Waals surface area contributed by atoms with Gasteiger partial charge in [0.05, 0.1) is 13.2 Å². The minimum Gasteiger partial charge on any atom is -0.444 e. The van der Waals surface area contributed by atoms with Gasteiger partial charge in [-0.15, -0.1) is 0 Å². The predicted octanol–water partition coefficient (Wildman–Crippen LogP) is 4.37. The number of rotatable bonds is 9. The van der Waals surface area contributed by atoms with Crippen molar-refractivity contribution in [2.24, 2.45) is 0 Å². The quantitative estimate of drug-likeness (QED) is 0.479. The zero-order valence-corrected chi connectivity index (χ0v) is 22.4. The zero-order chi connectivity index (χ0) is 25.9. The Labute approximate surface area is 214 Å². The molecule has 1 aromatic carbocycles. The molecule has 1 aliphatic carbocycles. The minimum absolute atomic E-state index is 0.0458. The van der Waals surface area contributed by atoms with Crippen LogP contribution in [-0.2, 0) is 38.5 Å². The summed E-state index contributed by atoms with van der Waals surface area (Å²) < 4.78 is 18.9. The maximum atomic E-state index is 13.6. The number of hydrogen-bond donors (Lipinski definition) is 0. The Morgan fingerprint density at radius 3 is 2.67 bits per heavy atom. The second kappa shape index (κ2) is 11.2. The molecule has 0 radical (unpaired) electrons. The molecule has 0 N–H and O–H groups in total. The van der Waals surface area contributed by atoms with Crippen molar-refractivity contribution < 1.29 is 23.8 Å². The molecule has 2 heterocycles. The van der Waals surface area contributed by atoms with E-state index in [-0.39, 0.29) is 18.5 Å². The molecule has 1 saturated carbocycles. The summed E-state index contributed by atoms with van der Waals surface area (Å²) in [6.07, 6.45) is 5.12. The number of aryl methyl sites for hydroxylation is 2. The highest BCUT2D eigenvalue weighted by Crippen LogP contribution is 2.31. The van der Waals surface area contributed by atoms with E-state index >= 15 is 0 Å². The normalized spacial score (nSPS) is 18.5. The number of hydrogen-bond acceptors (Lipinski definition) is 5. The number of morpholine rings is 1. The molecule has 1 atom stereocenters. The number of benzene rings is 1. The number of methoxy groups -OCH3 is 1. The van der Waals surface area contributed by atoms with Gasteiger partial charge in [-0.2, -0.15) is 0 Å². The Morgan fingerprint density at radius 2 is 2.00 bits per heavy atom. The van der Waals surface area contributed by atoms with Crippen LogP contribution in [-0.4, -0.2) is 77.5 Å². The summed E-state index contributed by atoms with van der Waals surface area (Å²) in [5.41, 5.74) is 3.07. The van der Waals surface area contributed by atoms with Crippen molar-refractivity contribution in [1.29, 1.82) is 0 Å². The summed E-state index contributed by atoms with van der Waals surface area (Å²) in [6, 6.07) is 6.78. The SMILES string of the molecule is CCc1cn(CCCOC)c2cc(CN(C(=O)[C@H]3CN(C(=O)OC(C)(C)C)CCO3)C3CC3)ccc12. The van der Waals surface area contributed by atoms with Gasteiger partial charge < -0.3 is 28.6 Å². The number of nitrogens with zero attached hydrogens (tertiary/aromatic N) is 3. The molecule has 36 heavy (non-hydrogen) atoms. The minimum atomic E-state index is -0.666. The first-order chi connectivity index (χ1) is 17.2. The van der Waals surface area contributed by atoms with E-state index in [0.717, 1.165) is 44.4 Å². The van der Waals surface area contributed by atoms with Crippen LogP contribution in [0.3, 0.4) is 0 Å². The van der Waals surface area contributed by atoms with Gasteiger partial charge >= 0.3 is 6.09 Å². The van der Waals surface area contributed by atoms with E-state index in [1.54, 1.807) is 12.0 Å². The van der Waals surface area contributed by atoms with Crippen molar-refractivity contribution in [1.82, 2.24) is 14.4 Å². The third-order valence-electron chi connectivity index (χ3n) is 6.77. The second-order valence-corrected chi connectivity index (χ2v) is 10.9. The monoisotopic (exact) mass is 499 g/mol. The maximum absolute atomic E-state index is 13.6. The Bertz CT molecular complexity index is 1070. The molecule has 0 bridgehead atoms. The highest BCUT2D eigenvalue weighted by molar-refractivity contribution is 5.85. The molecular formula is C28H41N3O5. The number of carbonyl (C=O) groups excluding carboxylic acids is 2. The van der Waals surface area contributed by atoms with E-state index in [4.69, 9.17) is 14.2 Å². The molecular weight excluding hydrogens is 458 g/mol. The number of fused-ring (bicyclic) bond motifs is 1. The number of amides is 2. The van der Waals surface area contributed by atoms with Gasteiger partial charge in [-0.25, -0.2) is 4.79 Å². The lowest BCUT2D eigenvalue weighted by molar-refractivity contribution is -0.150. The van der Waals surface area contributed by atoms with E-state index in [1.165, 1.54) is 16.5 Å². The van der Waals surface area contributed by atoms with Gasteiger partial charge in [0.1, 0.15) is 5.60 Å². The Hall–Kier alpha value is -2.58. The first kappa shape index (κ1) is 26.5. The Morgan fingerprint density at radius 1 is 1.22 bits per heavy atom. The fourth-order valence-electron chi connectivity index (χ4n) is 4.80. The molecule has 8 heteroatoms. The molecule has 2 fully saturated rings. The van der Waals surface area contributed by atoms with Gasteiger partial charge in [0.15, 0.2) is 6.10 Å². The molecule has 0 spiro atoms. The lowest BCUT2D eigenvalue weighted by atomic mass is 10.1. The van der Waals surface area contributed by atoms with Gasteiger partial charge in [0.2, 0.25) is 0 Å². The lowest BCUT2D eigenvalue weighted by Gasteiger charge is -2.36. The highest BCUT2D eigenvalue weighted by atomic mass is 16.6. The standard InChI is InChI=1S/C28H41N3O5/c1-6-21-18-29(12-7-14-34-5)24-16-20(8-11-23(21)24)17-31(22-9-10-22)26(32)25-19-30(13-15-35-25)27(33)36-28(2,3)4/h8,11,16,18,22,25H,6-7,9-10,12-15,17,19H2,1-5H3/t25-/m1/s1. The summed E-state index contributed by atoms with van der Waals surface area (Å²) in [4.78, 5) is 29.7. The molecule has 2 aliphatic rings. The third kappa shape index (κ3) is 6.40. The summed E-state index contributed by atoms with van der Waals surface area (Å²) >= 11 is 0. The molecule has 8 nitrogen and oxygen atoms in total. The molecule has 1 aliphatic heterocycles. The van der Waals surface area contributed by atoms with Crippen molar-refractivity contribution in [3.8, 4) is 0 Å². The highest BCUT2D eigenvalue weighted by Gasteiger charge is 2.39. The molecule has 4 rings (SSSR count). The van der Waals surface area contributed by atoms with Crippen LogP contribution in [0, 0.1) is 0 Å². The first-order valence-corrected chi connectivity index (χ1v) is 13.2. The average Bonchev–Trinajstić information content (AvgIpc) is 3.63. The second-order valence-electron chi connectivity index (χ2n) is 10.9. The number of aromatic nitrogens is 1. The summed E-state index contributed by atoms with van der Waals surface area (Å²) in [7, 11) is 1.73. The molecule has 1 aromatic heterocycles. The largest absolute Gasteiger partial charge is 0.444 e. The fourth-order valence-corrected chi connectivity index (χ4v) is 4.80. The molecule has 1 saturated heterocycles. The number of carbonyl (C=O) groups is 2. The van der Waals surface area contributed by atoms with E-state index < -0.39 is 17.8 Å². The molecule has 0 unspecified atom stereocenters. The Kier molecular flexibility index (Phi) is 8.25.